The standard InChI is InChI=1S/C8H5N5O/c1-3-13-6(5-9-1)11-7(12-13)8-10-2-4-14-8/h1-5H. The molecule has 0 aliphatic rings. The molecule has 0 atom stereocenters. The molecule has 3 rings (SSSR count). The lowest BCUT2D eigenvalue weighted by Gasteiger charge is -1.84. The van der Waals surface area contributed by atoms with Gasteiger partial charge in [0.15, 0.2) is 5.65 Å². The molecule has 14 heavy (non-hydrogen) atoms. The van der Waals surface area contributed by atoms with Crippen LogP contribution in [-0.2, 0) is 0 Å². The van der Waals surface area contributed by atoms with E-state index in [1.807, 2.05) is 0 Å². The first-order valence-electron chi connectivity index (χ1n) is 4.00. The number of fused-ring (bicyclic) bond motifs is 1. The summed E-state index contributed by atoms with van der Waals surface area (Å²) in [5.74, 6) is 0.872. The zero-order valence-electron chi connectivity index (χ0n) is 7.03. The Morgan fingerprint density at radius 3 is 3.07 bits per heavy atom. The maximum atomic E-state index is 5.08. The maximum absolute atomic E-state index is 5.08. The Hall–Kier alpha value is -2.24. The predicted molar refractivity (Wildman–Crippen MR) is 46.3 cm³/mol. The summed E-state index contributed by atoms with van der Waals surface area (Å²) in [5, 5.41) is 4.16. The van der Waals surface area contributed by atoms with Crippen LogP contribution in [0.3, 0.4) is 0 Å². The summed E-state index contributed by atoms with van der Waals surface area (Å²) in [6.07, 6.45) is 8.02. The van der Waals surface area contributed by atoms with Gasteiger partial charge >= 0.3 is 0 Å². The molecule has 3 aromatic rings. The monoisotopic (exact) mass is 187 g/mol. The van der Waals surface area contributed by atoms with E-state index in [1.165, 1.54) is 6.26 Å². The highest BCUT2D eigenvalue weighted by atomic mass is 16.3. The number of hydrogen-bond acceptors (Lipinski definition) is 5. The Bertz CT molecular complexity index is 523. The van der Waals surface area contributed by atoms with Gasteiger partial charge < -0.3 is 4.42 Å². The van der Waals surface area contributed by atoms with Gasteiger partial charge in [0, 0.05) is 12.4 Å². The molecule has 3 heterocycles. The summed E-state index contributed by atoms with van der Waals surface area (Å²) < 4.78 is 6.70. The first kappa shape index (κ1) is 7.19. The van der Waals surface area contributed by atoms with Gasteiger partial charge in [0.05, 0.1) is 12.4 Å². The van der Waals surface area contributed by atoms with E-state index in [2.05, 4.69) is 20.1 Å². The smallest absolute Gasteiger partial charge is 0.266 e. The summed E-state index contributed by atoms with van der Waals surface area (Å²) in [6, 6.07) is 0. The molecular weight excluding hydrogens is 182 g/mol. The van der Waals surface area contributed by atoms with E-state index in [0.29, 0.717) is 17.4 Å². The Labute approximate surface area is 78.2 Å². The largest absolute Gasteiger partial charge is 0.442 e. The van der Waals surface area contributed by atoms with E-state index in [-0.39, 0.29) is 0 Å². The van der Waals surface area contributed by atoms with Crippen molar-refractivity contribution in [2.45, 2.75) is 0 Å². The van der Waals surface area contributed by atoms with Crippen molar-refractivity contribution in [2.24, 2.45) is 0 Å². The summed E-state index contributed by atoms with van der Waals surface area (Å²) in [5.41, 5.74) is 0.667. The Morgan fingerprint density at radius 2 is 2.29 bits per heavy atom. The van der Waals surface area contributed by atoms with E-state index in [4.69, 9.17) is 4.42 Å². The topological polar surface area (TPSA) is 69.1 Å². The van der Waals surface area contributed by atoms with Crippen molar-refractivity contribution in [3.8, 4) is 11.7 Å². The van der Waals surface area contributed by atoms with E-state index in [9.17, 15) is 0 Å². The van der Waals surface area contributed by atoms with E-state index in [1.54, 1.807) is 29.3 Å². The van der Waals surface area contributed by atoms with Crippen LogP contribution in [0.25, 0.3) is 17.4 Å². The van der Waals surface area contributed by atoms with Crippen LogP contribution >= 0.6 is 0 Å². The molecule has 3 aromatic heterocycles. The van der Waals surface area contributed by atoms with Crippen molar-refractivity contribution in [3.63, 3.8) is 0 Å². The van der Waals surface area contributed by atoms with Crippen molar-refractivity contribution in [3.05, 3.63) is 31.1 Å². The number of hydrogen-bond donors (Lipinski definition) is 0. The van der Waals surface area contributed by atoms with Gasteiger partial charge in [-0.1, -0.05) is 0 Å². The molecule has 0 aromatic carbocycles. The molecular formula is C8H5N5O. The van der Waals surface area contributed by atoms with Crippen LogP contribution in [0.5, 0.6) is 0 Å². The highest BCUT2D eigenvalue weighted by Crippen LogP contribution is 2.12. The van der Waals surface area contributed by atoms with Crippen LogP contribution in [0.4, 0.5) is 0 Å². The molecule has 68 valence electrons. The average molecular weight is 187 g/mol. The second-order valence-electron chi connectivity index (χ2n) is 2.65. The molecule has 6 nitrogen and oxygen atoms in total. The summed E-state index contributed by atoms with van der Waals surface area (Å²) in [4.78, 5) is 12.1. The lowest BCUT2D eigenvalue weighted by Crippen LogP contribution is -1.86. The fourth-order valence-corrected chi connectivity index (χ4v) is 1.17. The molecule has 0 saturated carbocycles. The highest BCUT2D eigenvalue weighted by Gasteiger charge is 2.09. The van der Waals surface area contributed by atoms with Crippen molar-refractivity contribution in [2.75, 3.05) is 0 Å². The van der Waals surface area contributed by atoms with Gasteiger partial charge in [0.1, 0.15) is 6.26 Å². The Kier molecular flexibility index (Phi) is 1.35. The highest BCUT2D eigenvalue weighted by molar-refractivity contribution is 5.46. The number of oxazole rings is 1. The first-order valence-corrected chi connectivity index (χ1v) is 4.00. The minimum absolute atomic E-state index is 0.411. The number of nitrogens with zero attached hydrogens (tertiary/aromatic N) is 5. The maximum Gasteiger partial charge on any atom is 0.266 e. The van der Waals surface area contributed by atoms with Crippen LogP contribution in [-0.4, -0.2) is 24.6 Å². The van der Waals surface area contributed by atoms with Crippen molar-refractivity contribution < 1.29 is 4.42 Å². The molecule has 0 N–H and O–H groups in total. The molecule has 0 bridgehead atoms. The van der Waals surface area contributed by atoms with Gasteiger partial charge in [-0.15, -0.1) is 5.10 Å². The number of aromatic nitrogens is 5. The molecule has 0 aliphatic heterocycles. The third-order valence-corrected chi connectivity index (χ3v) is 1.77. The third kappa shape index (κ3) is 0.972. The van der Waals surface area contributed by atoms with Crippen LogP contribution < -0.4 is 0 Å². The van der Waals surface area contributed by atoms with Crippen molar-refractivity contribution in [1.82, 2.24) is 24.6 Å². The molecule has 0 aliphatic carbocycles. The van der Waals surface area contributed by atoms with Gasteiger partial charge in [0.25, 0.3) is 5.89 Å². The second kappa shape index (κ2) is 2.63. The second-order valence-corrected chi connectivity index (χ2v) is 2.65. The summed E-state index contributed by atoms with van der Waals surface area (Å²) in [7, 11) is 0. The van der Waals surface area contributed by atoms with Crippen LogP contribution in [0.15, 0.2) is 35.5 Å². The summed E-state index contributed by atoms with van der Waals surface area (Å²) >= 11 is 0. The molecule has 0 saturated heterocycles. The first-order chi connectivity index (χ1) is 6.93. The fourth-order valence-electron chi connectivity index (χ4n) is 1.17. The third-order valence-electron chi connectivity index (χ3n) is 1.77. The van der Waals surface area contributed by atoms with Gasteiger partial charge in [0.2, 0.25) is 5.82 Å². The molecule has 0 amide bonds. The quantitative estimate of drug-likeness (QED) is 0.563. The number of rotatable bonds is 1. The van der Waals surface area contributed by atoms with E-state index < -0.39 is 0 Å². The zero-order chi connectivity index (χ0) is 9.38. The average Bonchev–Trinajstić information content (AvgIpc) is 2.86. The van der Waals surface area contributed by atoms with E-state index >= 15 is 0 Å². The van der Waals surface area contributed by atoms with Crippen LogP contribution in [0, 0.1) is 0 Å². The lowest BCUT2D eigenvalue weighted by atomic mass is 10.6. The van der Waals surface area contributed by atoms with Crippen LogP contribution in [0.1, 0.15) is 0 Å². The van der Waals surface area contributed by atoms with Gasteiger partial charge in [-0.25, -0.2) is 14.5 Å². The molecule has 0 radical (unpaired) electrons. The van der Waals surface area contributed by atoms with Crippen molar-refractivity contribution >= 4 is 5.65 Å². The normalized spacial score (nSPS) is 10.9. The molecule has 0 spiro atoms. The fraction of sp³-hybridized carbons (Fsp3) is 0. The zero-order valence-corrected chi connectivity index (χ0v) is 7.03. The molecule has 0 unspecified atom stereocenters. The molecule has 0 fully saturated rings. The molecule has 6 heteroatoms. The van der Waals surface area contributed by atoms with Gasteiger partial charge in [-0.05, 0) is 0 Å². The van der Waals surface area contributed by atoms with Gasteiger partial charge in [-0.2, -0.15) is 0 Å². The van der Waals surface area contributed by atoms with Gasteiger partial charge in [-0.3, -0.25) is 4.98 Å². The summed E-state index contributed by atoms with van der Waals surface area (Å²) in [6.45, 7) is 0. The van der Waals surface area contributed by atoms with Crippen molar-refractivity contribution in [1.29, 1.82) is 0 Å². The Morgan fingerprint density at radius 1 is 1.29 bits per heavy atom. The minimum Gasteiger partial charge on any atom is -0.442 e. The van der Waals surface area contributed by atoms with E-state index in [0.717, 1.165) is 0 Å². The van der Waals surface area contributed by atoms with Crippen LogP contribution in [0.2, 0.25) is 0 Å². The lowest BCUT2D eigenvalue weighted by molar-refractivity contribution is 0.569. The SMILES string of the molecule is c1cn2nc(-c3ncco3)nc2cn1. The Balaban J connectivity index is 2.24. The minimum atomic E-state index is 0.411. The predicted octanol–water partition coefficient (Wildman–Crippen LogP) is 0.779.